The number of anilines is 1. The lowest BCUT2D eigenvalue weighted by atomic mass is 10.1. The van der Waals surface area contributed by atoms with Crippen LogP contribution in [0.5, 0.6) is 5.75 Å². The van der Waals surface area contributed by atoms with Gasteiger partial charge in [0.15, 0.2) is 0 Å². The molecule has 198 valence electrons. The first kappa shape index (κ1) is 29.2. The number of hydrogen-bond acceptors (Lipinski definition) is 5. The van der Waals surface area contributed by atoms with Crippen molar-refractivity contribution in [3.8, 4) is 5.75 Å². The lowest BCUT2D eigenvalue weighted by Gasteiger charge is -2.30. The molecule has 0 heterocycles. The van der Waals surface area contributed by atoms with Crippen molar-refractivity contribution in [1.29, 1.82) is 0 Å². The molecule has 0 spiro atoms. The molecular weight excluding hydrogens is 478 g/mol. The Hall–Kier alpha value is -3.07. The summed E-state index contributed by atoms with van der Waals surface area (Å²) in [6.45, 7) is 8.65. The van der Waals surface area contributed by atoms with E-state index < -0.39 is 16.1 Å². The molecule has 2 aromatic rings. The van der Waals surface area contributed by atoms with Crippen molar-refractivity contribution < 1.29 is 22.7 Å². The minimum atomic E-state index is -3.60. The summed E-state index contributed by atoms with van der Waals surface area (Å²) >= 11 is 0. The lowest BCUT2D eigenvalue weighted by Crippen LogP contribution is -2.48. The summed E-state index contributed by atoms with van der Waals surface area (Å²) in [7, 11) is -2.12. The van der Waals surface area contributed by atoms with E-state index in [0.717, 1.165) is 17.4 Å². The number of carbonyl (C=O) groups excluding carboxylic acids is 2. The molecule has 9 heteroatoms. The van der Waals surface area contributed by atoms with Gasteiger partial charge in [-0.25, -0.2) is 8.42 Å². The predicted molar refractivity (Wildman–Crippen MR) is 143 cm³/mol. The zero-order valence-corrected chi connectivity index (χ0v) is 23.0. The van der Waals surface area contributed by atoms with Crippen LogP contribution in [0.3, 0.4) is 0 Å². The molecule has 8 nitrogen and oxygen atoms in total. The molecule has 2 rings (SSSR count). The van der Waals surface area contributed by atoms with Gasteiger partial charge >= 0.3 is 0 Å². The van der Waals surface area contributed by atoms with Crippen LogP contribution in [0, 0.1) is 12.8 Å². The van der Waals surface area contributed by atoms with E-state index in [0.29, 0.717) is 30.4 Å². The van der Waals surface area contributed by atoms with Crippen LogP contribution in [0.15, 0.2) is 48.5 Å². The fourth-order valence-electron chi connectivity index (χ4n) is 3.82. The average molecular weight is 518 g/mol. The van der Waals surface area contributed by atoms with Crippen LogP contribution < -0.4 is 14.4 Å². The Kier molecular flexibility index (Phi) is 10.8. The SMILES string of the molecule is COc1ccccc1N(CCCC(=O)N(Cc1ccccc1C)[C@H](C)C(=O)NCC(C)C)S(C)(=O)=O. The van der Waals surface area contributed by atoms with Gasteiger partial charge in [-0.05, 0) is 49.4 Å². The van der Waals surface area contributed by atoms with E-state index in [9.17, 15) is 18.0 Å². The second-order valence-electron chi connectivity index (χ2n) is 9.37. The third kappa shape index (κ3) is 8.26. The third-order valence-corrected chi connectivity index (χ3v) is 7.14. The second kappa shape index (κ2) is 13.3. The molecule has 2 amide bonds. The zero-order chi connectivity index (χ0) is 26.9. The summed E-state index contributed by atoms with van der Waals surface area (Å²) in [4.78, 5) is 27.8. The Balaban J connectivity index is 2.20. The molecule has 0 fully saturated rings. The predicted octanol–water partition coefficient (Wildman–Crippen LogP) is 3.74. The number of hydrogen-bond donors (Lipinski definition) is 1. The number of methoxy groups -OCH3 is 1. The van der Waals surface area contributed by atoms with Crippen molar-refractivity contribution in [3.63, 3.8) is 0 Å². The highest BCUT2D eigenvalue weighted by atomic mass is 32.2. The smallest absolute Gasteiger partial charge is 0.242 e. The van der Waals surface area contributed by atoms with Gasteiger partial charge in [-0.3, -0.25) is 13.9 Å². The number of sulfonamides is 1. The number of carbonyl (C=O) groups is 2. The molecule has 0 aromatic heterocycles. The van der Waals surface area contributed by atoms with Gasteiger partial charge in [0.05, 0.1) is 19.1 Å². The van der Waals surface area contributed by atoms with Crippen LogP contribution in [0.25, 0.3) is 0 Å². The maximum Gasteiger partial charge on any atom is 0.242 e. The lowest BCUT2D eigenvalue weighted by molar-refractivity contribution is -0.140. The summed E-state index contributed by atoms with van der Waals surface area (Å²) in [6.07, 6.45) is 1.51. The Morgan fingerprint density at radius 1 is 1.03 bits per heavy atom. The topological polar surface area (TPSA) is 96.0 Å². The van der Waals surface area contributed by atoms with E-state index >= 15 is 0 Å². The van der Waals surface area contributed by atoms with Crippen LogP contribution in [-0.4, -0.2) is 57.6 Å². The third-order valence-electron chi connectivity index (χ3n) is 5.96. The highest BCUT2D eigenvalue weighted by Crippen LogP contribution is 2.29. The minimum absolute atomic E-state index is 0.0921. The van der Waals surface area contributed by atoms with Gasteiger partial charge < -0.3 is 15.0 Å². The number of ether oxygens (including phenoxy) is 1. The van der Waals surface area contributed by atoms with E-state index in [4.69, 9.17) is 4.74 Å². The van der Waals surface area contributed by atoms with Gasteiger partial charge in [-0.1, -0.05) is 50.2 Å². The molecule has 0 aliphatic heterocycles. The molecule has 0 saturated carbocycles. The van der Waals surface area contributed by atoms with Gasteiger partial charge in [0.25, 0.3) is 0 Å². The zero-order valence-electron chi connectivity index (χ0n) is 22.2. The maximum absolute atomic E-state index is 13.4. The van der Waals surface area contributed by atoms with E-state index in [1.807, 2.05) is 45.0 Å². The molecule has 0 aliphatic rings. The van der Waals surface area contributed by atoms with Crippen molar-refractivity contribution in [3.05, 3.63) is 59.7 Å². The van der Waals surface area contributed by atoms with Crippen LogP contribution in [0.4, 0.5) is 5.69 Å². The number of aryl methyl sites for hydroxylation is 1. The number of nitrogens with zero attached hydrogens (tertiary/aromatic N) is 2. The molecule has 0 aliphatic carbocycles. The van der Waals surface area contributed by atoms with E-state index in [-0.39, 0.29) is 31.2 Å². The molecule has 0 radical (unpaired) electrons. The Bertz CT molecular complexity index is 1130. The molecule has 1 atom stereocenters. The molecule has 0 saturated heterocycles. The average Bonchev–Trinajstić information content (AvgIpc) is 2.83. The number of rotatable bonds is 13. The van der Waals surface area contributed by atoms with Gasteiger partial charge in [0, 0.05) is 26.1 Å². The van der Waals surface area contributed by atoms with Crippen molar-refractivity contribution in [1.82, 2.24) is 10.2 Å². The summed E-state index contributed by atoms with van der Waals surface area (Å²) in [5, 5.41) is 2.91. The minimum Gasteiger partial charge on any atom is -0.495 e. The second-order valence-corrected chi connectivity index (χ2v) is 11.3. The Morgan fingerprint density at radius 2 is 1.67 bits per heavy atom. The van der Waals surface area contributed by atoms with Gasteiger partial charge in [0.1, 0.15) is 11.8 Å². The highest BCUT2D eigenvalue weighted by molar-refractivity contribution is 7.92. The maximum atomic E-state index is 13.4. The first-order valence-electron chi connectivity index (χ1n) is 12.2. The first-order valence-corrected chi connectivity index (χ1v) is 14.0. The largest absolute Gasteiger partial charge is 0.495 e. The van der Waals surface area contributed by atoms with Crippen LogP contribution in [-0.2, 0) is 26.2 Å². The summed E-state index contributed by atoms with van der Waals surface area (Å²) in [5.41, 5.74) is 2.42. The fraction of sp³-hybridized carbons (Fsp3) is 0.481. The van der Waals surface area contributed by atoms with Crippen LogP contribution in [0.2, 0.25) is 0 Å². The number of amides is 2. The van der Waals surface area contributed by atoms with Crippen molar-refractivity contribution >= 4 is 27.5 Å². The number of para-hydroxylation sites is 2. The van der Waals surface area contributed by atoms with Crippen molar-refractivity contribution in [2.75, 3.05) is 30.8 Å². The van der Waals surface area contributed by atoms with Gasteiger partial charge in [0.2, 0.25) is 21.8 Å². The van der Waals surface area contributed by atoms with E-state index in [1.54, 1.807) is 36.1 Å². The summed E-state index contributed by atoms with van der Waals surface area (Å²) in [5.74, 6) is 0.306. The highest BCUT2D eigenvalue weighted by Gasteiger charge is 2.27. The molecule has 0 bridgehead atoms. The fourth-order valence-corrected chi connectivity index (χ4v) is 4.79. The van der Waals surface area contributed by atoms with Crippen molar-refractivity contribution in [2.45, 2.75) is 53.1 Å². The summed E-state index contributed by atoms with van der Waals surface area (Å²) in [6, 6.07) is 14.0. The first-order chi connectivity index (χ1) is 17.0. The molecule has 0 unspecified atom stereocenters. The van der Waals surface area contributed by atoms with Gasteiger partial charge in [-0.15, -0.1) is 0 Å². The molecule has 36 heavy (non-hydrogen) atoms. The van der Waals surface area contributed by atoms with Gasteiger partial charge in [-0.2, -0.15) is 0 Å². The van der Waals surface area contributed by atoms with Crippen molar-refractivity contribution in [2.24, 2.45) is 5.92 Å². The number of nitrogens with one attached hydrogen (secondary N) is 1. The quantitative estimate of drug-likeness (QED) is 0.437. The monoisotopic (exact) mass is 517 g/mol. The van der Waals surface area contributed by atoms with E-state index in [2.05, 4.69) is 5.32 Å². The Morgan fingerprint density at radius 3 is 2.28 bits per heavy atom. The van der Waals surface area contributed by atoms with Crippen LogP contribution >= 0.6 is 0 Å². The summed E-state index contributed by atoms with van der Waals surface area (Å²) < 4.78 is 31.7. The molecule has 1 N–H and O–H groups in total. The normalized spacial score (nSPS) is 12.2. The number of benzene rings is 2. The standard InChI is InChI=1S/C27H39N3O5S/c1-20(2)18-28-27(32)22(4)29(19-23-13-8-7-12-21(23)3)26(31)16-11-17-30(36(6,33)34)24-14-9-10-15-25(24)35-5/h7-10,12-15,20,22H,11,16-19H2,1-6H3,(H,28,32)/t22-/m1/s1. The van der Waals surface area contributed by atoms with Crippen LogP contribution in [0.1, 0.15) is 44.7 Å². The molecular formula is C27H39N3O5S. The van der Waals surface area contributed by atoms with E-state index in [1.165, 1.54) is 11.4 Å². The Labute approximate surface area is 215 Å². The molecule has 2 aromatic carbocycles.